The average Bonchev–Trinajstić information content (AvgIpc) is 2.64. The number of hydrogen-bond acceptors (Lipinski definition) is 5. The Balaban J connectivity index is 2.25. The third-order valence-corrected chi connectivity index (χ3v) is 3.99. The first kappa shape index (κ1) is 19.0. The predicted molar refractivity (Wildman–Crippen MR) is 97.5 cm³/mol. The number of carbonyl (C=O) groups is 2. The Bertz CT molecular complexity index is 884. The van der Waals surface area contributed by atoms with Crippen molar-refractivity contribution in [3.63, 3.8) is 0 Å². The molecular formula is C20H20N2O4. The molecule has 0 unspecified atom stereocenters. The molecule has 2 aromatic carbocycles. The molecule has 6 nitrogen and oxygen atoms in total. The van der Waals surface area contributed by atoms with Crippen LogP contribution in [0.5, 0.6) is 11.5 Å². The normalized spacial score (nSPS) is 11.2. The number of Topliss-reactive ketones (excluding diaryl/α,β-unsaturated/α-hetero) is 1. The number of anilines is 1. The van der Waals surface area contributed by atoms with Gasteiger partial charge in [0.2, 0.25) is 5.78 Å². The summed E-state index contributed by atoms with van der Waals surface area (Å²) in [7, 11) is 2.94. The van der Waals surface area contributed by atoms with Crippen molar-refractivity contribution in [2.24, 2.45) is 0 Å². The molecule has 0 fully saturated rings. The molecule has 6 heteroatoms. The van der Waals surface area contributed by atoms with E-state index in [1.54, 1.807) is 18.2 Å². The minimum atomic E-state index is -1.24. The molecule has 0 heterocycles. The van der Waals surface area contributed by atoms with Crippen molar-refractivity contribution in [3.8, 4) is 17.6 Å². The highest BCUT2D eigenvalue weighted by molar-refractivity contribution is 6.43. The number of hydrogen-bond donors (Lipinski definition) is 1. The van der Waals surface area contributed by atoms with Crippen molar-refractivity contribution < 1.29 is 19.1 Å². The smallest absolute Gasteiger partial charge is 0.293 e. The lowest BCUT2D eigenvalue weighted by molar-refractivity contribution is -0.135. The Hall–Kier alpha value is -3.33. The van der Waals surface area contributed by atoms with E-state index in [0.717, 1.165) is 11.1 Å². The summed E-state index contributed by atoms with van der Waals surface area (Å²) in [6.07, 6.45) is 0. The number of methoxy groups -OCH3 is 2. The molecule has 1 N–H and O–H groups in total. The van der Waals surface area contributed by atoms with Crippen molar-refractivity contribution >= 4 is 17.4 Å². The Kier molecular flexibility index (Phi) is 5.97. The van der Waals surface area contributed by atoms with E-state index >= 15 is 0 Å². The average molecular weight is 352 g/mol. The zero-order valence-corrected chi connectivity index (χ0v) is 15.1. The van der Waals surface area contributed by atoms with Gasteiger partial charge in [0.25, 0.3) is 5.91 Å². The quantitative estimate of drug-likeness (QED) is 0.807. The summed E-state index contributed by atoms with van der Waals surface area (Å²) in [5, 5.41) is 12.0. The second-order valence-electron chi connectivity index (χ2n) is 5.81. The zero-order valence-electron chi connectivity index (χ0n) is 15.1. The fourth-order valence-electron chi connectivity index (χ4n) is 2.59. The molecule has 0 aliphatic heterocycles. The molecule has 0 bridgehead atoms. The molecule has 0 saturated carbocycles. The lowest BCUT2D eigenvalue weighted by atomic mass is 9.95. The van der Waals surface area contributed by atoms with Crippen molar-refractivity contribution in [3.05, 3.63) is 53.1 Å². The van der Waals surface area contributed by atoms with Crippen LogP contribution in [-0.4, -0.2) is 25.9 Å². The number of nitrogens with zero attached hydrogens (tertiary/aromatic N) is 1. The van der Waals surface area contributed by atoms with Gasteiger partial charge in [-0.1, -0.05) is 23.8 Å². The minimum Gasteiger partial charge on any atom is -0.493 e. The summed E-state index contributed by atoms with van der Waals surface area (Å²) >= 11 is 0. The summed E-state index contributed by atoms with van der Waals surface area (Å²) in [5.41, 5.74) is 2.79. The zero-order chi connectivity index (χ0) is 19.3. The van der Waals surface area contributed by atoms with Gasteiger partial charge in [0.1, 0.15) is 5.92 Å². The van der Waals surface area contributed by atoms with E-state index < -0.39 is 17.6 Å². The molecule has 1 atom stereocenters. The fourth-order valence-corrected chi connectivity index (χ4v) is 2.59. The first-order valence-electron chi connectivity index (χ1n) is 7.95. The number of ether oxygens (including phenoxy) is 2. The molecule has 26 heavy (non-hydrogen) atoms. The Morgan fingerprint density at radius 1 is 1.04 bits per heavy atom. The molecule has 134 valence electrons. The largest absolute Gasteiger partial charge is 0.493 e. The van der Waals surface area contributed by atoms with Crippen LogP contribution in [0.1, 0.15) is 22.6 Å². The van der Waals surface area contributed by atoms with Gasteiger partial charge >= 0.3 is 0 Å². The summed E-state index contributed by atoms with van der Waals surface area (Å²) in [4.78, 5) is 24.8. The number of benzene rings is 2. The van der Waals surface area contributed by atoms with E-state index in [9.17, 15) is 14.9 Å². The van der Waals surface area contributed by atoms with E-state index in [-0.39, 0.29) is 0 Å². The van der Waals surface area contributed by atoms with E-state index in [2.05, 4.69) is 5.32 Å². The summed E-state index contributed by atoms with van der Waals surface area (Å²) in [6, 6.07) is 12.0. The van der Waals surface area contributed by atoms with Gasteiger partial charge in [-0.2, -0.15) is 5.26 Å². The van der Waals surface area contributed by atoms with Crippen LogP contribution in [0.4, 0.5) is 5.69 Å². The maximum Gasteiger partial charge on any atom is 0.293 e. The molecule has 0 aliphatic rings. The van der Waals surface area contributed by atoms with Crippen LogP contribution in [0.15, 0.2) is 36.4 Å². The van der Waals surface area contributed by atoms with Gasteiger partial charge in [0.15, 0.2) is 11.5 Å². The summed E-state index contributed by atoms with van der Waals surface area (Å²) in [6.45, 7) is 3.77. The number of ketones is 1. The van der Waals surface area contributed by atoms with Crippen LogP contribution in [-0.2, 0) is 9.59 Å². The molecule has 0 radical (unpaired) electrons. The van der Waals surface area contributed by atoms with Crippen LogP contribution in [0, 0.1) is 25.2 Å². The molecule has 0 spiro atoms. The molecule has 2 rings (SSSR count). The number of aryl methyl sites for hydroxylation is 2. The molecule has 0 aromatic heterocycles. The third kappa shape index (κ3) is 4.01. The maximum atomic E-state index is 12.5. The molecule has 2 aromatic rings. The molecular weight excluding hydrogens is 332 g/mol. The van der Waals surface area contributed by atoms with Crippen LogP contribution in [0.3, 0.4) is 0 Å². The first-order chi connectivity index (χ1) is 12.4. The molecule has 0 saturated heterocycles. The van der Waals surface area contributed by atoms with Crippen LogP contribution >= 0.6 is 0 Å². The lowest BCUT2D eigenvalue weighted by Gasteiger charge is -2.13. The standard InChI is InChI=1S/C20H20N2O4/c1-12-5-7-16(13(2)9-12)22-20(24)19(23)15(11-21)14-6-8-17(25-3)18(10-14)26-4/h5-10,15H,1-4H3,(H,22,24)/t15-/m0/s1. The maximum absolute atomic E-state index is 12.5. The number of nitriles is 1. The molecule has 1 amide bonds. The van der Waals surface area contributed by atoms with E-state index in [4.69, 9.17) is 9.47 Å². The van der Waals surface area contributed by atoms with Gasteiger partial charge in [-0.05, 0) is 43.2 Å². The monoisotopic (exact) mass is 352 g/mol. The summed E-state index contributed by atoms with van der Waals surface area (Å²) < 4.78 is 10.3. The van der Waals surface area contributed by atoms with E-state index in [0.29, 0.717) is 22.7 Å². The van der Waals surface area contributed by atoms with E-state index in [1.165, 1.54) is 20.3 Å². The van der Waals surface area contributed by atoms with E-state index in [1.807, 2.05) is 32.0 Å². The highest BCUT2D eigenvalue weighted by Crippen LogP contribution is 2.31. The van der Waals surface area contributed by atoms with Gasteiger partial charge in [-0.25, -0.2) is 0 Å². The number of nitrogens with one attached hydrogen (secondary N) is 1. The highest BCUT2D eigenvalue weighted by atomic mass is 16.5. The van der Waals surface area contributed by atoms with Crippen molar-refractivity contribution in [2.45, 2.75) is 19.8 Å². The predicted octanol–water partition coefficient (Wildman–Crippen LogP) is 3.14. The van der Waals surface area contributed by atoms with Crippen molar-refractivity contribution in [2.75, 3.05) is 19.5 Å². The van der Waals surface area contributed by atoms with Crippen molar-refractivity contribution in [1.29, 1.82) is 5.26 Å². The number of rotatable bonds is 6. The highest BCUT2D eigenvalue weighted by Gasteiger charge is 2.28. The minimum absolute atomic E-state index is 0.367. The first-order valence-corrected chi connectivity index (χ1v) is 7.95. The Labute approximate surface area is 152 Å². The lowest BCUT2D eigenvalue weighted by Crippen LogP contribution is -2.28. The number of amides is 1. The van der Waals surface area contributed by atoms with Gasteiger partial charge in [-0.3, -0.25) is 9.59 Å². The van der Waals surface area contributed by atoms with Gasteiger partial charge < -0.3 is 14.8 Å². The number of carbonyl (C=O) groups excluding carboxylic acids is 2. The Morgan fingerprint density at radius 3 is 2.31 bits per heavy atom. The third-order valence-electron chi connectivity index (χ3n) is 3.99. The second kappa shape index (κ2) is 8.17. The van der Waals surface area contributed by atoms with Crippen LogP contribution in [0.25, 0.3) is 0 Å². The second-order valence-corrected chi connectivity index (χ2v) is 5.81. The van der Waals surface area contributed by atoms with Crippen LogP contribution in [0.2, 0.25) is 0 Å². The van der Waals surface area contributed by atoms with Gasteiger partial charge in [0, 0.05) is 5.69 Å². The van der Waals surface area contributed by atoms with Gasteiger partial charge in [0.05, 0.1) is 20.3 Å². The van der Waals surface area contributed by atoms with Gasteiger partial charge in [-0.15, -0.1) is 0 Å². The van der Waals surface area contributed by atoms with Crippen molar-refractivity contribution in [1.82, 2.24) is 0 Å². The van der Waals surface area contributed by atoms with Crippen LogP contribution < -0.4 is 14.8 Å². The fraction of sp³-hybridized carbons (Fsp3) is 0.250. The molecule has 0 aliphatic carbocycles. The Morgan fingerprint density at radius 2 is 1.73 bits per heavy atom. The topological polar surface area (TPSA) is 88.4 Å². The summed E-state index contributed by atoms with van der Waals surface area (Å²) in [5.74, 6) is -2.05. The SMILES string of the molecule is COc1ccc([C@H](C#N)C(=O)C(=O)Nc2ccc(C)cc2C)cc1OC.